The van der Waals surface area contributed by atoms with Crippen molar-refractivity contribution in [3.63, 3.8) is 0 Å². The van der Waals surface area contributed by atoms with E-state index in [1.54, 1.807) is 0 Å². The van der Waals surface area contributed by atoms with Gasteiger partial charge in [-0.2, -0.15) is 0 Å². The van der Waals surface area contributed by atoms with Gasteiger partial charge in [-0.3, -0.25) is 4.79 Å². The van der Waals surface area contributed by atoms with Gasteiger partial charge in [-0.15, -0.1) is 0 Å². The monoisotopic (exact) mass is 258 g/mol. The highest BCUT2D eigenvalue weighted by Crippen LogP contribution is 2.29. The summed E-state index contributed by atoms with van der Waals surface area (Å²) >= 11 is 0. The zero-order valence-electron chi connectivity index (χ0n) is 11.1. The average Bonchev–Trinajstić information content (AvgIpc) is 2.72. The molecule has 1 aliphatic rings. The van der Waals surface area contributed by atoms with Crippen molar-refractivity contribution in [2.75, 3.05) is 6.54 Å². The average molecular weight is 258 g/mol. The van der Waals surface area contributed by atoms with Crippen molar-refractivity contribution in [1.29, 1.82) is 0 Å². The molecular weight excluding hydrogens is 240 g/mol. The van der Waals surface area contributed by atoms with Crippen molar-refractivity contribution >= 4 is 16.9 Å². The van der Waals surface area contributed by atoms with E-state index in [0.29, 0.717) is 0 Å². The van der Waals surface area contributed by atoms with Crippen molar-refractivity contribution in [2.45, 2.75) is 32.9 Å². The van der Waals surface area contributed by atoms with Gasteiger partial charge < -0.3 is 15.0 Å². The second kappa shape index (κ2) is 4.70. The van der Waals surface area contributed by atoms with E-state index >= 15 is 0 Å². The van der Waals surface area contributed by atoms with Gasteiger partial charge in [-0.25, -0.2) is 0 Å². The Balaban J connectivity index is 2.26. The second-order valence-corrected chi connectivity index (χ2v) is 5.03. The molecule has 1 aromatic heterocycles. The lowest BCUT2D eigenvalue weighted by molar-refractivity contribution is -0.136. The summed E-state index contributed by atoms with van der Waals surface area (Å²) < 4.78 is 2.27. The molecular formula is C15H18N2O2. The second-order valence-electron chi connectivity index (χ2n) is 5.03. The van der Waals surface area contributed by atoms with E-state index in [4.69, 9.17) is 5.11 Å². The summed E-state index contributed by atoms with van der Waals surface area (Å²) in [7, 11) is 0. The van der Waals surface area contributed by atoms with Crippen LogP contribution in [0.2, 0.25) is 0 Å². The van der Waals surface area contributed by atoms with Crippen LogP contribution in [0, 0.1) is 0 Å². The molecule has 3 rings (SSSR count). The van der Waals surface area contributed by atoms with Crippen LogP contribution in [-0.4, -0.2) is 22.2 Å². The fourth-order valence-electron chi connectivity index (χ4n) is 2.95. The Kier molecular flexibility index (Phi) is 3.03. The van der Waals surface area contributed by atoms with Gasteiger partial charge >= 0.3 is 5.97 Å². The molecule has 0 atom stereocenters. The van der Waals surface area contributed by atoms with Crippen molar-refractivity contribution in [3.8, 4) is 0 Å². The SMILES string of the molecule is CCc1ccc2c(c1)c(CC(=O)O)c1n2CCNC1. The van der Waals surface area contributed by atoms with Crippen LogP contribution in [-0.2, 0) is 30.7 Å². The molecule has 19 heavy (non-hydrogen) atoms. The van der Waals surface area contributed by atoms with E-state index in [0.717, 1.165) is 42.7 Å². The molecule has 0 radical (unpaired) electrons. The van der Waals surface area contributed by atoms with Crippen LogP contribution in [0.4, 0.5) is 0 Å². The first kappa shape index (κ1) is 12.2. The largest absolute Gasteiger partial charge is 0.481 e. The van der Waals surface area contributed by atoms with Gasteiger partial charge in [0.2, 0.25) is 0 Å². The van der Waals surface area contributed by atoms with Crippen molar-refractivity contribution in [3.05, 3.63) is 35.0 Å². The topological polar surface area (TPSA) is 54.3 Å². The van der Waals surface area contributed by atoms with Crippen molar-refractivity contribution < 1.29 is 9.90 Å². The van der Waals surface area contributed by atoms with Crippen LogP contribution in [0.25, 0.3) is 10.9 Å². The number of fused-ring (bicyclic) bond motifs is 3. The summed E-state index contributed by atoms with van der Waals surface area (Å²) in [4.78, 5) is 11.1. The van der Waals surface area contributed by atoms with Crippen LogP contribution >= 0.6 is 0 Å². The number of carboxylic acids is 1. The highest BCUT2D eigenvalue weighted by molar-refractivity contribution is 5.89. The summed E-state index contributed by atoms with van der Waals surface area (Å²) in [5, 5.41) is 13.6. The number of aromatic nitrogens is 1. The minimum absolute atomic E-state index is 0.105. The van der Waals surface area contributed by atoms with Crippen molar-refractivity contribution in [1.82, 2.24) is 9.88 Å². The fraction of sp³-hybridized carbons (Fsp3) is 0.400. The third-order valence-corrected chi connectivity index (χ3v) is 3.89. The van der Waals surface area contributed by atoms with Gasteiger partial charge in [-0.1, -0.05) is 13.0 Å². The van der Waals surface area contributed by atoms with Crippen LogP contribution in [0.15, 0.2) is 18.2 Å². The number of rotatable bonds is 3. The number of hydrogen-bond donors (Lipinski definition) is 2. The molecule has 0 aliphatic carbocycles. The van der Waals surface area contributed by atoms with Crippen LogP contribution in [0.1, 0.15) is 23.7 Å². The predicted octanol–water partition coefficient (Wildman–Crippen LogP) is 1.93. The van der Waals surface area contributed by atoms with Crippen LogP contribution in [0.5, 0.6) is 0 Å². The summed E-state index contributed by atoms with van der Waals surface area (Å²) in [6, 6.07) is 6.43. The number of carboxylic acid groups (broad SMARTS) is 1. The summed E-state index contributed by atoms with van der Waals surface area (Å²) in [5.74, 6) is -0.761. The van der Waals surface area contributed by atoms with Gasteiger partial charge in [0.1, 0.15) is 0 Å². The standard InChI is InChI=1S/C15H18N2O2/c1-2-10-3-4-13-11(7-10)12(8-15(18)19)14-9-16-5-6-17(13)14/h3-4,7,16H,2,5-6,8-9H2,1H3,(H,18,19). The molecule has 0 unspecified atom stereocenters. The molecule has 0 bridgehead atoms. The summed E-state index contributed by atoms with van der Waals surface area (Å²) in [5.41, 5.74) is 4.54. The lowest BCUT2D eigenvalue weighted by Crippen LogP contribution is -2.28. The quantitative estimate of drug-likeness (QED) is 0.884. The molecule has 2 aromatic rings. The molecule has 1 aliphatic heterocycles. The predicted molar refractivity (Wildman–Crippen MR) is 74.4 cm³/mol. The number of nitrogens with zero attached hydrogens (tertiary/aromatic N) is 1. The van der Waals surface area contributed by atoms with E-state index in [9.17, 15) is 4.79 Å². The molecule has 0 spiro atoms. The molecule has 0 fully saturated rings. The van der Waals surface area contributed by atoms with Gasteiger partial charge in [0.15, 0.2) is 0 Å². The first-order valence-corrected chi connectivity index (χ1v) is 6.76. The van der Waals surface area contributed by atoms with Crippen LogP contribution < -0.4 is 5.32 Å². The Hall–Kier alpha value is -1.81. The Morgan fingerprint density at radius 1 is 1.47 bits per heavy atom. The van der Waals surface area contributed by atoms with Crippen LogP contribution in [0.3, 0.4) is 0 Å². The Labute approximate surface area is 112 Å². The van der Waals surface area contributed by atoms with Gasteiger partial charge in [-0.05, 0) is 29.7 Å². The molecule has 4 nitrogen and oxygen atoms in total. The fourth-order valence-corrected chi connectivity index (χ4v) is 2.95. The molecule has 2 N–H and O–H groups in total. The maximum atomic E-state index is 11.1. The summed E-state index contributed by atoms with van der Waals surface area (Å²) in [6.07, 6.45) is 1.08. The molecule has 1 aromatic carbocycles. The Bertz CT molecular complexity index is 643. The molecule has 100 valence electrons. The zero-order chi connectivity index (χ0) is 13.4. The van der Waals surface area contributed by atoms with E-state index in [-0.39, 0.29) is 6.42 Å². The number of aliphatic carboxylic acids is 1. The van der Waals surface area contributed by atoms with Gasteiger partial charge in [0, 0.05) is 36.2 Å². The smallest absolute Gasteiger partial charge is 0.307 e. The van der Waals surface area contributed by atoms with E-state index < -0.39 is 5.97 Å². The number of nitrogens with one attached hydrogen (secondary N) is 1. The Morgan fingerprint density at radius 2 is 2.32 bits per heavy atom. The van der Waals surface area contributed by atoms with E-state index in [1.807, 2.05) is 0 Å². The molecule has 4 heteroatoms. The normalized spacial score (nSPS) is 14.6. The van der Waals surface area contributed by atoms with E-state index in [2.05, 4.69) is 35.0 Å². The van der Waals surface area contributed by atoms with Crippen molar-refractivity contribution in [2.24, 2.45) is 0 Å². The highest BCUT2D eigenvalue weighted by Gasteiger charge is 2.21. The van der Waals surface area contributed by atoms with Gasteiger partial charge in [0.25, 0.3) is 0 Å². The lowest BCUT2D eigenvalue weighted by atomic mass is 10.0. The number of benzene rings is 1. The van der Waals surface area contributed by atoms with Gasteiger partial charge in [0.05, 0.1) is 6.42 Å². The first-order chi connectivity index (χ1) is 9.20. The molecule has 0 saturated carbocycles. The third kappa shape index (κ3) is 2.02. The first-order valence-electron chi connectivity index (χ1n) is 6.76. The molecule has 0 amide bonds. The number of carbonyl (C=O) groups is 1. The summed E-state index contributed by atoms with van der Waals surface area (Å²) in [6.45, 7) is 4.74. The molecule has 2 heterocycles. The lowest BCUT2D eigenvalue weighted by Gasteiger charge is -2.18. The maximum Gasteiger partial charge on any atom is 0.307 e. The maximum absolute atomic E-state index is 11.1. The zero-order valence-corrected chi connectivity index (χ0v) is 11.1. The third-order valence-electron chi connectivity index (χ3n) is 3.89. The highest BCUT2D eigenvalue weighted by atomic mass is 16.4. The molecule has 0 saturated heterocycles. The minimum atomic E-state index is -0.761. The number of hydrogen-bond acceptors (Lipinski definition) is 2. The minimum Gasteiger partial charge on any atom is -0.481 e. The van der Waals surface area contributed by atoms with E-state index in [1.165, 1.54) is 11.1 Å². The number of aryl methyl sites for hydroxylation is 1. The Morgan fingerprint density at radius 3 is 3.05 bits per heavy atom.